The molecule has 0 spiro atoms. The molecule has 1 aliphatic heterocycles. The average Bonchev–Trinajstić information content (AvgIpc) is 2.97. The molecule has 2 amide bonds. The van der Waals surface area contributed by atoms with E-state index in [1.165, 1.54) is 12.1 Å². The van der Waals surface area contributed by atoms with Gasteiger partial charge in [0, 0.05) is 31.3 Å². The van der Waals surface area contributed by atoms with E-state index in [1.54, 1.807) is 0 Å². The van der Waals surface area contributed by atoms with Gasteiger partial charge >= 0.3 is 6.03 Å². The van der Waals surface area contributed by atoms with Crippen LogP contribution in [0.4, 0.5) is 13.6 Å². The van der Waals surface area contributed by atoms with Gasteiger partial charge in [-0.15, -0.1) is 0 Å². The van der Waals surface area contributed by atoms with Crippen molar-refractivity contribution in [2.75, 3.05) is 13.1 Å². The van der Waals surface area contributed by atoms with Gasteiger partial charge < -0.3 is 14.7 Å². The summed E-state index contributed by atoms with van der Waals surface area (Å²) in [5.74, 6) is 0.138. The molecule has 1 fully saturated rings. The summed E-state index contributed by atoms with van der Waals surface area (Å²) in [7, 11) is 0. The van der Waals surface area contributed by atoms with Crippen molar-refractivity contribution >= 4 is 6.03 Å². The molecule has 27 heavy (non-hydrogen) atoms. The van der Waals surface area contributed by atoms with Crippen LogP contribution in [0.25, 0.3) is 0 Å². The van der Waals surface area contributed by atoms with Gasteiger partial charge in [0.1, 0.15) is 17.4 Å². The molecule has 1 aromatic heterocycles. The minimum absolute atomic E-state index is 0.0852. The molecule has 1 N–H and O–H groups in total. The first-order valence-electron chi connectivity index (χ1n) is 9.32. The Kier molecular flexibility index (Phi) is 6.08. The summed E-state index contributed by atoms with van der Waals surface area (Å²) in [5, 5.41) is 6.81. The lowest BCUT2D eigenvalue weighted by Gasteiger charge is -2.32. The number of halogens is 2. The molecule has 1 saturated heterocycles. The van der Waals surface area contributed by atoms with E-state index in [4.69, 9.17) is 4.52 Å². The maximum atomic E-state index is 13.7. The lowest BCUT2D eigenvalue weighted by molar-refractivity contribution is 0.167. The van der Waals surface area contributed by atoms with Crippen LogP contribution in [0.15, 0.2) is 22.7 Å². The van der Waals surface area contributed by atoms with E-state index in [1.807, 2.05) is 18.7 Å². The second-order valence-electron chi connectivity index (χ2n) is 7.17. The van der Waals surface area contributed by atoms with Crippen LogP contribution in [-0.2, 0) is 13.0 Å². The quantitative estimate of drug-likeness (QED) is 0.853. The molecule has 0 radical (unpaired) electrons. The molecular weight excluding hydrogens is 352 g/mol. The van der Waals surface area contributed by atoms with Gasteiger partial charge in [-0.1, -0.05) is 11.2 Å². The highest BCUT2D eigenvalue weighted by Gasteiger charge is 2.23. The van der Waals surface area contributed by atoms with Crippen LogP contribution >= 0.6 is 0 Å². The van der Waals surface area contributed by atoms with Gasteiger partial charge in [0.05, 0.1) is 5.69 Å². The number of rotatable bonds is 5. The zero-order valence-electron chi connectivity index (χ0n) is 15.7. The Labute approximate surface area is 157 Å². The minimum Gasteiger partial charge on any atom is -0.361 e. The highest BCUT2D eigenvalue weighted by Crippen LogP contribution is 2.23. The number of aromatic nitrogens is 1. The van der Waals surface area contributed by atoms with Crippen molar-refractivity contribution in [3.63, 3.8) is 0 Å². The number of hydrogen-bond acceptors (Lipinski definition) is 3. The summed E-state index contributed by atoms with van der Waals surface area (Å²) in [6.45, 7) is 5.46. The number of benzene rings is 1. The Hall–Kier alpha value is -2.44. The molecule has 0 aliphatic carbocycles. The van der Waals surface area contributed by atoms with Crippen LogP contribution < -0.4 is 5.32 Å². The van der Waals surface area contributed by atoms with Gasteiger partial charge in [0.2, 0.25) is 0 Å². The number of carbonyl (C=O) groups excluding carboxylic acids is 1. The Balaban J connectivity index is 1.42. The normalized spacial score (nSPS) is 15.2. The first-order chi connectivity index (χ1) is 12.9. The number of piperidine rings is 1. The first kappa shape index (κ1) is 19.3. The van der Waals surface area contributed by atoms with Crippen molar-refractivity contribution in [3.05, 3.63) is 52.4 Å². The largest absolute Gasteiger partial charge is 0.361 e. The standard InChI is InChI=1S/C20H25F2N3O2/c1-13-18(14(2)27-24-13)12-23-20(26)25-9-7-15(8-10-25)3-4-16-5-6-17(21)11-19(16)22/h5-6,11,15H,3-4,7-10,12H2,1-2H3,(H,23,26). The SMILES string of the molecule is Cc1noc(C)c1CNC(=O)N1CCC(CCc2ccc(F)cc2F)CC1. The number of urea groups is 1. The lowest BCUT2D eigenvalue weighted by atomic mass is 9.90. The van der Waals surface area contributed by atoms with E-state index >= 15 is 0 Å². The van der Waals surface area contributed by atoms with E-state index in [9.17, 15) is 13.6 Å². The molecule has 1 aliphatic rings. The number of likely N-dealkylation sites (tertiary alicyclic amines) is 1. The fraction of sp³-hybridized carbons (Fsp3) is 0.500. The molecule has 2 aromatic rings. The predicted molar refractivity (Wildman–Crippen MR) is 97.2 cm³/mol. The van der Waals surface area contributed by atoms with E-state index in [-0.39, 0.29) is 6.03 Å². The number of nitrogens with zero attached hydrogens (tertiary/aromatic N) is 2. The fourth-order valence-corrected chi connectivity index (χ4v) is 3.54. The van der Waals surface area contributed by atoms with Crippen LogP contribution in [0, 0.1) is 31.4 Å². The van der Waals surface area contributed by atoms with Crippen molar-refractivity contribution in [1.82, 2.24) is 15.4 Å². The van der Waals surface area contributed by atoms with E-state index in [0.29, 0.717) is 37.5 Å². The Morgan fingerprint density at radius 1 is 1.30 bits per heavy atom. The summed E-state index contributed by atoms with van der Waals surface area (Å²) < 4.78 is 31.8. The van der Waals surface area contributed by atoms with Gasteiger partial charge in [0.15, 0.2) is 0 Å². The Morgan fingerprint density at radius 2 is 2.04 bits per heavy atom. The number of amides is 2. The lowest BCUT2D eigenvalue weighted by Crippen LogP contribution is -2.44. The maximum Gasteiger partial charge on any atom is 0.317 e. The van der Waals surface area contributed by atoms with Crippen LogP contribution in [0.5, 0.6) is 0 Å². The number of nitrogens with one attached hydrogen (secondary N) is 1. The second kappa shape index (κ2) is 8.50. The van der Waals surface area contributed by atoms with Crippen LogP contribution in [0.2, 0.25) is 0 Å². The van der Waals surface area contributed by atoms with Gasteiger partial charge in [-0.3, -0.25) is 0 Å². The van der Waals surface area contributed by atoms with Gasteiger partial charge in [-0.05, 0) is 57.1 Å². The highest BCUT2D eigenvalue weighted by atomic mass is 19.1. The van der Waals surface area contributed by atoms with Crippen molar-refractivity contribution in [2.24, 2.45) is 5.92 Å². The average molecular weight is 377 g/mol. The number of carbonyl (C=O) groups is 1. The third-order valence-electron chi connectivity index (χ3n) is 5.34. The van der Waals surface area contributed by atoms with E-state index in [2.05, 4.69) is 10.5 Å². The van der Waals surface area contributed by atoms with Crippen LogP contribution in [0.3, 0.4) is 0 Å². The molecule has 0 saturated carbocycles. The molecule has 146 valence electrons. The zero-order valence-corrected chi connectivity index (χ0v) is 15.7. The van der Waals surface area contributed by atoms with Crippen molar-refractivity contribution in [2.45, 2.75) is 46.1 Å². The summed E-state index contributed by atoms with van der Waals surface area (Å²) in [6, 6.07) is 3.66. The third kappa shape index (κ3) is 4.84. The van der Waals surface area contributed by atoms with Gasteiger partial charge in [-0.25, -0.2) is 13.6 Å². The smallest absolute Gasteiger partial charge is 0.317 e. The zero-order chi connectivity index (χ0) is 19.4. The highest BCUT2D eigenvalue weighted by molar-refractivity contribution is 5.74. The molecule has 5 nitrogen and oxygen atoms in total. The topological polar surface area (TPSA) is 58.4 Å². The Morgan fingerprint density at radius 3 is 2.67 bits per heavy atom. The fourth-order valence-electron chi connectivity index (χ4n) is 3.54. The summed E-state index contributed by atoms with van der Waals surface area (Å²) >= 11 is 0. The molecule has 7 heteroatoms. The summed E-state index contributed by atoms with van der Waals surface area (Å²) in [4.78, 5) is 14.2. The van der Waals surface area contributed by atoms with Crippen molar-refractivity contribution < 1.29 is 18.1 Å². The van der Waals surface area contributed by atoms with Crippen molar-refractivity contribution in [1.29, 1.82) is 0 Å². The van der Waals surface area contributed by atoms with Crippen LogP contribution in [0.1, 0.15) is 41.8 Å². The van der Waals surface area contributed by atoms with Crippen LogP contribution in [-0.4, -0.2) is 29.2 Å². The molecule has 1 aromatic carbocycles. The minimum atomic E-state index is -0.549. The molecule has 3 rings (SSSR count). The molecule has 0 bridgehead atoms. The van der Waals surface area contributed by atoms with Crippen molar-refractivity contribution in [3.8, 4) is 0 Å². The maximum absolute atomic E-state index is 13.7. The molecule has 0 unspecified atom stereocenters. The first-order valence-corrected chi connectivity index (χ1v) is 9.32. The summed E-state index contributed by atoms with van der Waals surface area (Å²) in [5.41, 5.74) is 2.26. The van der Waals surface area contributed by atoms with E-state index in [0.717, 1.165) is 42.3 Å². The van der Waals surface area contributed by atoms with E-state index < -0.39 is 11.6 Å². The molecular formula is C20H25F2N3O2. The number of aryl methyl sites for hydroxylation is 3. The second-order valence-corrected chi connectivity index (χ2v) is 7.17. The van der Waals surface area contributed by atoms with Gasteiger partial charge in [-0.2, -0.15) is 0 Å². The van der Waals surface area contributed by atoms with Gasteiger partial charge in [0.25, 0.3) is 0 Å². The monoisotopic (exact) mass is 377 g/mol. The Bertz CT molecular complexity index is 779. The molecule has 0 atom stereocenters. The predicted octanol–water partition coefficient (Wildman–Crippen LogP) is 4.12. The number of hydrogen-bond donors (Lipinski definition) is 1. The summed E-state index contributed by atoms with van der Waals surface area (Å²) in [6.07, 6.45) is 3.22. The third-order valence-corrected chi connectivity index (χ3v) is 5.34. The molecule has 2 heterocycles.